The predicted molar refractivity (Wildman–Crippen MR) is 191 cm³/mol. The molecular formula is C39H34Br2O5. The lowest BCUT2D eigenvalue weighted by molar-refractivity contribution is 0.163. The minimum Gasteiger partial charge on any atom is -0.497 e. The van der Waals surface area contributed by atoms with Crippen molar-refractivity contribution in [1.82, 2.24) is 0 Å². The van der Waals surface area contributed by atoms with Gasteiger partial charge in [0.05, 0.1) is 28.4 Å². The van der Waals surface area contributed by atoms with Crippen molar-refractivity contribution in [3.05, 3.63) is 115 Å². The van der Waals surface area contributed by atoms with Crippen LogP contribution < -0.4 is 23.7 Å². The van der Waals surface area contributed by atoms with E-state index in [1.165, 1.54) is 27.8 Å². The van der Waals surface area contributed by atoms with E-state index in [4.69, 9.17) is 23.7 Å². The van der Waals surface area contributed by atoms with Crippen LogP contribution in [-0.4, -0.2) is 28.4 Å². The Labute approximate surface area is 286 Å². The first-order valence-corrected chi connectivity index (χ1v) is 16.6. The van der Waals surface area contributed by atoms with E-state index < -0.39 is 5.60 Å². The molecule has 0 N–H and O–H groups in total. The molecule has 5 aromatic carbocycles. The highest BCUT2D eigenvalue weighted by molar-refractivity contribution is 9.11. The Morgan fingerprint density at radius 2 is 1.22 bits per heavy atom. The fourth-order valence-corrected chi connectivity index (χ4v) is 8.82. The molecule has 2 aliphatic rings. The molecule has 1 aliphatic carbocycles. The highest BCUT2D eigenvalue weighted by Crippen LogP contribution is 2.61. The Balaban J connectivity index is 1.59. The lowest BCUT2D eigenvalue weighted by Gasteiger charge is -2.38. The first-order valence-electron chi connectivity index (χ1n) is 15.0. The van der Waals surface area contributed by atoms with Gasteiger partial charge in [-0.15, -0.1) is 0 Å². The molecule has 5 nitrogen and oxygen atoms in total. The molecule has 0 saturated heterocycles. The van der Waals surface area contributed by atoms with Crippen LogP contribution in [0.1, 0.15) is 47.2 Å². The molecule has 0 radical (unpaired) electrons. The molecule has 0 saturated carbocycles. The summed E-state index contributed by atoms with van der Waals surface area (Å²) in [4.78, 5) is 0. The van der Waals surface area contributed by atoms with Crippen molar-refractivity contribution in [1.29, 1.82) is 0 Å². The average molecular weight is 743 g/mol. The summed E-state index contributed by atoms with van der Waals surface area (Å²) in [7, 11) is 6.69. The van der Waals surface area contributed by atoms with Crippen molar-refractivity contribution in [2.45, 2.75) is 31.8 Å². The largest absolute Gasteiger partial charge is 0.497 e. The van der Waals surface area contributed by atoms with Gasteiger partial charge >= 0.3 is 0 Å². The van der Waals surface area contributed by atoms with E-state index in [0.29, 0.717) is 11.5 Å². The monoisotopic (exact) mass is 740 g/mol. The zero-order valence-corrected chi connectivity index (χ0v) is 30.0. The SMILES string of the molecule is COc1ccc(C2(c3ccc(OC)cc3)C=Cc3c4c(c5cc(OC)c(OC)cc5c3O2)-c2cc(Br)c(C)c(Br)c2C4(C)C)cc1. The van der Waals surface area contributed by atoms with Crippen LogP contribution in [0.3, 0.4) is 0 Å². The number of ether oxygens (including phenoxy) is 5. The van der Waals surface area contributed by atoms with Crippen LogP contribution in [0, 0.1) is 6.92 Å². The molecule has 7 heteroatoms. The summed E-state index contributed by atoms with van der Waals surface area (Å²) in [5.74, 6) is 3.65. The number of benzene rings is 5. The van der Waals surface area contributed by atoms with Gasteiger partial charge in [-0.2, -0.15) is 0 Å². The van der Waals surface area contributed by atoms with Gasteiger partial charge in [-0.25, -0.2) is 0 Å². The van der Waals surface area contributed by atoms with Crippen molar-refractivity contribution in [2.75, 3.05) is 28.4 Å². The van der Waals surface area contributed by atoms with Gasteiger partial charge < -0.3 is 23.7 Å². The minimum absolute atomic E-state index is 0.339. The first kappa shape index (κ1) is 30.7. The number of hydrogen-bond donors (Lipinski definition) is 0. The fraction of sp³-hybridized carbons (Fsp3) is 0.231. The van der Waals surface area contributed by atoms with E-state index in [2.05, 4.69) is 101 Å². The molecule has 0 unspecified atom stereocenters. The summed E-state index contributed by atoms with van der Waals surface area (Å²) < 4.78 is 32.3. The zero-order valence-electron chi connectivity index (χ0n) is 26.8. The van der Waals surface area contributed by atoms with Gasteiger partial charge in [-0.3, -0.25) is 0 Å². The molecule has 0 fully saturated rings. The molecule has 0 atom stereocenters. The second-order valence-electron chi connectivity index (χ2n) is 12.2. The van der Waals surface area contributed by atoms with Crippen molar-refractivity contribution in [2.24, 2.45) is 0 Å². The number of methoxy groups -OCH3 is 4. The standard InChI is InChI=1S/C39H34Br2O5/c1-21-30(40)18-29-33-27-19-31(44-6)32(45-7)20-28(27)37-26(34(33)38(2,3)35(29)36(21)41)16-17-39(46-37,22-8-12-24(42-4)13-9-22)23-10-14-25(43-5)15-11-23/h8-20H,1-7H3. The molecular weight excluding hydrogens is 708 g/mol. The Hall–Kier alpha value is -3.94. The average Bonchev–Trinajstić information content (AvgIpc) is 3.32. The van der Waals surface area contributed by atoms with E-state index >= 15 is 0 Å². The second-order valence-corrected chi connectivity index (χ2v) is 13.9. The Morgan fingerprint density at radius 1 is 0.674 bits per heavy atom. The van der Waals surface area contributed by atoms with Gasteiger partial charge in [-0.1, -0.05) is 76.0 Å². The summed E-state index contributed by atoms with van der Waals surface area (Å²) in [6.07, 6.45) is 4.42. The van der Waals surface area contributed by atoms with Crippen molar-refractivity contribution >= 4 is 48.7 Å². The van der Waals surface area contributed by atoms with Crippen LogP contribution in [0.4, 0.5) is 0 Å². The normalized spacial score (nSPS) is 15.1. The van der Waals surface area contributed by atoms with E-state index in [1.807, 2.05) is 30.3 Å². The van der Waals surface area contributed by atoms with E-state index in [0.717, 1.165) is 53.7 Å². The van der Waals surface area contributed by atoms with E-state index in [1.54, 1.807) is 28.4 Å². The summed E-state index contributed by atoms with van der Waals surface area (Å²) in [5.41, 5.74) is 7.71. The van der Waals surface area contributed by atoms with Crippen LogP contribution in [0.15, 0.2) is 81.8 Å². The Morgan fingerprint density at radius 3 is 1.74 bits per heavy atom. The number of fused-ring (bicyclic) bond motifs is 8. The van der Waals surface area contributed by atoms with Crippen molar-refractivity contribution < 1.29 is 23.7 Å². The fourth-order valence-electron chi connectivity index (χ4n) is 7.20. The maximum Gasteiger partial charge on any atom is 0.178 e. The molecule has 1 aliphatic heterocycles. The van der Waals surface area contributed by atoms with Gasteiger partial charge in [0.15, 0.2) is 17.1 Å². The first-order chi connectivity index (χ1) is 22.1. The topological polar surface area (TPSA) is 46.2 Å². The highest BCUT2D eigenvalue weighted by Gasteiger charge is 2.45. The maximum atomic E-state index is 7.43. The van der Waals surface area contributed by atoms with Crippen LogP contribution >= 0.6 is 31.9 Å². The number of halogens is 2. The van der Waals surface area contributed by atoms with Crippen molar-refractivity contribution in [3.8, 4) is 39.9 Å². The summed E-state index contributed by atoms with van der Waals surface area (Å²) in [6.45, 7) is 6.73. The number of rotatable bonds is 6. The van der Waals surface area contributed by atoms with Gasteiger partial charge in [0.2, 0.25) is 0 Å². The van der Waals surface area contributed by atoms with Gasteiger partial charge in [0, 0.05) is 36.4 Å². The van der Waals surface area contributed by atoms with Gasteiger partial charge in [0.1, 0.15) is 17.2 Å². The molecule has 7 rings (SSSR count). The lowest BCUT2D eigenvalue weighted by atomic mass is 9.76. The second kappa shape index (κ2) is 11.1. The summed E-state index contributed by atoms with van der Waals surface area (Å²) >= 11 is 7.82. The summed E-state index contributed by atoms with van der Waals surface area (Å²) in [5, 5.41) is 1.98. The third-order valence-electron chi connectivity index (χ3n) is 9.55. The molecule has 0 aromatic heterocycles. The third kappa shape index (κ3) is 4.31. The van der Waals surface area contributed by atoms with E-state index in [9.17, 15) is 0 Å². The van der Waals surface area contributed by atoms with Crippen LogP contribution in [-0.2, 0) is 11.0 Å². The lowest BCUT2D eigenvalue weighted by Crippen LogP contribution is -2.35. The van der Waals surface area contributed by atoms with Gasteiger partial charge in [-0.05, 0) is 88.7 Å². The Bertz CT molecular complexity index is 2010. The molecule has 0 spiro atoms. The predicted octanol–water partition coefficient (Wildman–Crippen LogP) is 10.4. The van der Waals surface area contributed by atoms with Gasteiger partial charge in [0.25, 0.3) is 0 Å². The van der Waals surface area contributed by atoms with Crippen LogP contribution in [0.25, 0.3) is 28.0 Å². The molecule has 0 amide bonds. The Kier molecular flexibility index (Phi) is 7.41. The molecule has 5 aromatic rings. The molecule has 0 bridgehead atoms. The minimum atomic E-state index is -0.935. The maximum absolute atomic E-state index is 7.43. The quantitative estimate of drug-likeness (QED) is 0.173. The van der Waals surface area contributed by atoms with Crippen LogP contribution in [0.2, 0.25) is 0 Å². The van der Waals surface area contributed by atoms with Crippen LogP contribution in [0.5, 0.6) is 28.7 Å². The highest BCUT2D eigenvalue weighted by atomic mass is 79.9. The van der Waals surface area contributed by atoms with Crippen molar-refractivity contribution in [3.63, 3.8) is 0 Å². The smallest absolute Gasteiger partial charge is 0.178 e. The number of hydrogen-bond acceptors (Lipinski definition) is 5. The van der Waals surface area contributed by atoms with E-state index in [-0.39, 0.29) is 5.41 Å². The molecule has 234 valence electrons. The zero-order chi connectivity index (χ0) is 32.5. The molecule has 46 heavy (non-hydrogen) atoms. The molecule has 1 heterocycles. The third-order valence-corrected chi connectivity index (χ3v) is 11.4. The summed E-state index contributed by atoms with van der Waals surface area (Å²) in [6, 6.07) is 22.5.